The molecule has 0 spiro atoms. The number of fused-ring (bicyclic) bond motifs is 1. The number of rotatable bonds is 5. The van der Waals surface area contributed by atoms with Crippen LogP contribution in [-0.4, -0.2) is 46.5 Å². The summed E-state index contributed by atoms with van der Waals surface area (Å²) in [6.45, 7) is 0. The molecule has 136 valence electrons. The fourth-order valence-corrected chi connectivity index (χ4v) is 4.75. The lowest BCUT2D eigenvalue weighted by molar-refractivity contribution is 0.0879. The summed E-state index contributed by atoms with van der Waals surface area (Å²) in [4.78, 5) is 36.1. The summed E-state index contributed by atoms with van der Waals surface area (Å²) in [5, 5.41) is 2.82. The maximum atomic E-state index is 12.4. The van der Waals surface area contributed by atoms with Gasteiger partial charge in [-0.3, -0.25) is 24.3 Å². The van der Waals surface area contributed by atoms with Crippen LogP contribution in [0, 0.1) is 0 Å². The first kappa shape index (κ1) is 18.0. The zero-order chi connectivity index (χ0) is 19.1. The van der Waals surface area contributed by atoms with E-state index in [2.05, 4.69) is 5.32 Å². The summed E-state index contributed by atoms with van der Waals surface area (Å²) in [7, 11) is 1.47. The fourth-order valence-electron chi connectivity index (χ4n) is 2.96. The van der Waals surface area contributed by atoms with Gasteiger partial charge in [0.05, 0.1) is 16.8 Å². The molecule has 9 nitrogen and oxygen atoms in total. The molecule has 3 N–H and O–H groups in total. The highest BCUT2D eigenvalue weighted by Gasteiger charge is 2.40. The van der Waals surface area contributed by atoms with E-state index in [9.17, 15) is 14.4 Å². The van der Waals surface area contributed by atoms with E-state index in [1.54, 1.807) is 24.3 Å². The molecule has 2 aromatic rings. The van der Waals surface area contributed by atoms with E-state index in [0.717, 1.165) is 10.6 Å². The summed E-state index contributed by atoms with van der Waals surface area (Å²) < 4.78 is 17.4. The van der Waals surface area contributed by atoms with Crippen LogP contribution in [0.3, 0.4) is 0 Å². The van der Waals surface area contributed by atoms with Crippen molar-refractivity contribution >= 4 is 31.6 Å². The van der Waals surface area contributed by atoms with Gasteiger partial charge >= 0.3 is 8.80 Å². The van der Waals surface area contributed by atoms with Crippen molar-refractivity contribution in [2.24, 2.45) is 0 Å². The number of benzene rings is 1. The summed E-state index contributed by atoms with van der Waals surface area (Å²) in [6, 6.07) is 7.75. The molecule has 0 aliphatic carbocycles. The van der Waals surface area contributed by atoms with Crippen LogP contribution in [0.25, 0.3) is 5.69 Å². The molecule has 0 unspecified atom stereocenters. The number of carbonyl (C=O) groups is 2. The highest BCUT2D eigenvalue weighted by Crippen LogP contribution is 2.22. The molecule has 1 aromatic heterocycles. The van der Waals surface area contributed by atoms with E-state index in [4.69, 9.17) is 19.0 Å². The number of nitrogens with zero attached hydrogens (tertiary/aromatic N) is 1. The summed E-state index contributed by atoms with van der Waals surface area (Å²) in [5.41, 5.74) is 5.89. The topological polar surface area (TPSA) is 122 Å². The minimum Gasteiger partial charge on any atom is -0.384 e. The van der Waals surface area contributed by atoms with E-state index >= 15 is 0 Å². The van der Waals surface area contributed by atoms with Gasteiger partial charge in [-0.1, -0.05) is 12.1 Å². The fraction of sp³-hybridized carbons (Fsp3) is 0.188. The first-order valence-electron chi connectivity index (χ1n) is 7.56. The molecule has 0 atom stereocenters. The first-order valence-corrected chi connectivity index (χ1v) is 9.28. The van der Waals surface area contributed by atoms with Crippen LogP contribution in [-0.2, 0) is 13.3 Å². The van der Waals surface area contributed by atoms with E-state index in [0.29, 0.717) is 10.9 Å². The van der Waals surface area contributed by atoms with Gasteiger partial charge in [-0.05, 0) is 12.1 Å². The van der Waals surface area contributed by atoms with Gasteiger partial charge in [0.15, 0.2) is 0 Å². The van der Waals surface area contributed by atoms with E-state index < -0.39 is 26.2 Å². The molecule has 26 heavy (non-hydrogen) atoms. The molecule has 0 bridgehead atoms. The predicted molar refractivity (Wildman–Crippen MR) is 94.7 cm³/mol. The lowest BCUT2D eigenvalue weighted by Crippen LogP contribution is -2.54. The lowest BCUT2D eigenvalue weighted by Gasteiger charge is -2.24. The Labute approximate surface area is 149 Å². The molecule has 2 heterocycles. The molecule has 1 aliphatic rings. The van der Waals surface area contributed by atoms with Crippen molar-refractivity contribution in [1.82, 2.24) is 9.88 Å². The van der Waals surface area contributed by atoms with Crippen LogP contribution in [0.15, 0.2) is 35.1 Å². The Bertz CT molecular complexity index is 941. The van der Waals surface area contributed by atoms with Crippen molar-refractivity contribution in [2.75, 3.05) is 27.1 Å². The monoisotopic (exact) mass is 375 g/mol. The van der Waals surface area contributed by atoms with Crippen LogP contribution in [0.5, 0.6) is 0 Å². The van der Waals surface area contributed by atoms with Crippen molar-refractivity contribution in [2.45, 2.75) is 0 Å². The van der Waals surface area contributed by atoms with Gasteiger partial charge in [-0.15, -0.1) is 0 Å². The molecular formula is C16H17N3O6Si. The Kier molecular flexibility index (Phi) is 4.50. The number of pyridine rings is 1. The number of aromatic nitrogens is 1. The summed E-state index contributed by atoms with van der Waals surface area (Å²) in [5.74, 6) is -1.36. The number of imide groups is 1. The Morgan fingerprint density at radius 2 is 1.54 bits per heavy atom. The molecule has 0 saturated carbocycles. The Morgan fingerprint density at radius 1 is 0.962 bits per heavy atom. The second kappa shape index (κ2) is 6.50. The molecule has 3 rings (SSSR count). The molecular weight excluding hydrogens is 358 g/mol. The van der Waals surface area contributed by atoms with Crippen molar-refractivity contribution in [3.8, 4) is 5.69 Å². The smallest absolute Gasteiger partial charge is 0.384 e. The molecule has 1 aliphatic heterocycles. The Morgan fingerprint density at radius 3 is 2.08 bits per heavy atom. The molecule has 0 saturated heterocycles. The van der Waals surface area contributed by atoms with Gasteiger partial charge in [-0.25, -0.2) is 0 Å². The SMILES string of the molecule is CO[Si](OC)(OC)c1ccc(-n2c(N)c3c(cc2=O)C(=O)NC3=O)cc1. The number of hydrogen-bond donors (Lipinski definition) is 2. The molecule has 2 amide bonds. The molecule has 0 fully saturated rings. The van der Waals surface area contributed by atoms with Crippen molar-refractivity contribution < 1.29 is 22.9 Å². The quantitative estimate of drug-likeness (QED) is 0.528. The van der Waals surface area contributed by atoms with Gasteiger partial charge in [0, 0.05) is 32.6 Å². The highest BCUT2D eigenvalue weighted by atomic mass is 28.4. The number of nitrogens with two attached hydrogens (primary N) is 1. The Hall–Kier alpha value is -2.79. The first-order chi connectivity index (χ1) is 12.4. The van der Waals surface area contributed by atoms with Gasteiger partial charge in [0.25, 0.3) is 17.4 Å². The average molecular weight is 375 g/mol. The molecule has 10 heteroatoms. The minimum atomic E-state index is -3.01. The van der Waals surface area contributed by atoms with Crippen molar-refractivity contribution in [3.63, 3.8) is 0 Å². The Balaban J connectivity index is 2.12. The standard InChI is InChI=1S/C16H17N3O6Si/c1-23-26(24-2,25-3)10-6-4-9(5-7-10)19-12(20)8-11-13(14(19)17)16(22)18-15(11)21/h4-8H,17H2,1-3H3,(H,18,21,22). The number of nitrogen functional groups attached to an aromatic ring is 1. The molecule has 0 radical (unpaired) electrons. The number of anilines is 1. The van der Waals surface area contributed by atoms with Gasteiger partial charge in [0.2, 0.25) is 0 Å². The van der Waals surface area contributed by atoms with Crippen LogP contribution in [0.1, 0.15) is 20.7 Å². The summed E-state index contributed by atoms with van der Waals surface area (Å²) in [6.07, 6.45) is 0. The maximum Gasteiger partial charge on any atom is 0.536 e. The van der Waals surface area contributed by atoms with Crippen LogP contribution >= 0.6 is 0 Å². The van der Waals surface area contributed by atoms with Crippen LogP contribution in [0.4, 0.5) is 5.82 Å². The zero-order valence-corrected chi connectivity index (χ0v) is 15.4. The molecule has 1 aromatic carbocycles. The number of carbonyl (C=O) groups excluding carboxylic acids is 2. The van der Waals surface area contributed by atoms with Crippen LogP contribution < -0.4 is 21.8 Å². The van der Waals surface area contributed by atoms with Gasteiger partial charge in [0.1, 0.15) is 5.82 Å². The summed E-state index contributed by atoms with van der Waals surface area (Å²) >= 11 is 0. The number of nitrogens with one attached hydrogen (secondary N) is 1. The average Bonchev–Trinajstić information content (AvgIpc) is 2.92. The van der Waals surface area contributed by atoms with E-state index in [-0.39, 0.29) is 16.9 Å². The maximum absolute atomic E-state index is 12.4. The van der Waals surface area contributed by atoms with Crippen molar-refractivity contribution in [1.29, 1.82) is 0 Å². The largest absolute Gasteiger partial charge is 0.536 e. The highest BCUT2D eigenvalue weighted by molar-refractivity contribution is 6.75. The normalized spacial score (nSPS) is 13.7. The number of amides is 2. The van der Waals surface area contributed by atoms with Crippen LogP contribution in [0.2, 0.25) is 0 Å². The minimum absolute atomic E-state index is 0.00641. The predicted octanol–water partition coefficient (Wildman–Crippen LogP) is -0.612. The third-order valence-electron chi connectivity index (χ3n) is 4.24. The second-order valence-corrected chi connectivity index (χ2v) is 8.41. The number of hydrogen-bond acceptors (Lipinski definition) is 7. The second-order valence-electron chi connectivity index (χ2n) is 5.49. The van der Waals surface area contributed by atoms with E-state index in [1.165, 1.54) is 21.3 Å². The lowest BCUT2D eigenvalue weighted by atomic mass is 10.1. The van der Waals surface area contributed by atoms with Crippen molar-refractivity contribution in [3.05, 3.63) is 51.8 Å². The van der Waals surface area contributed by atoms with Gasteiger partial charge < -0.3 is 19.0 Å². The zero-order valence-electron chi connectivity index (χ0n) is 14.4. The van der Waals surface area contributed by atoms with Gasteiger partial charge in [-0.2, -0.15) is 0 Å². The third kappa shape index (κ3) is 2.56. The third-order valence-corrected chi connectivity index (χ3v) is 6.89. The van der Waals surface area contributed by atoms with E-state index in [1.807, 2.05) is 0 Å².